The monoisotopic (exact) mass is 189 g/mol. The molecule has 69 valence electrons. The van der Waals surface area contributed by atoms with E-state index in [4.69, 9.17) is 0 Å². The molecular formula is C8H6BF4. The SMILES string of the molecule is C[B]c1ccc(F)cc1C(F)(F)F. The average Bonchev–Trinajstić information content (AvgIpc) is 2.03. The van der Waals surface area contributed by atoms with E-state index < -0.39 is 17.6 Å². The molecule has 0 nitrogen and oxygen atoms in total. The summed E-state index contributed by atoms with van der Waals surface area (Å²) < 4.78 is 49.2. The molecule has 0 bridgehead atoms. The van der Waals surface area contributed by atoms with Crippen LogP contribution in [-0.4, -0.2) is 7.28 Å². The Balaban J connectivity index is 3.24. The summed E-state index contributed by atoms with van der Waals surface area (Å²) in [6.07, 6.45) is -4.50. The molecule has 0 aliphatic heterocycles. The molecule has 0 fully saturated rings. The van der Waals surface area contributed by atoms with Crippen molar-refractivity contribution >= 4 is 12.7 Å². The molecule has 0 saturated carbocycles. The summed E-state index contributed by atoms with van der Waals surface area (Å²) in [4.78, 5) is 0. The molecule has 0 spiro atoms. The molecule has 0 unspecified atom stereocenters. The van der Waals surface area contributed by atoms with Crippen molar-refractivity contribution in [2.45, 2.75) is 13.0 Å². The largest absolute Gasteiger partial charge is 0.415 e. The van der Waals surface area contributed by atoms with Crippen LogP contribution in [0.15, 0.2) is 18.2 Å². The molecule has 1 radical (unpaired) electrons. The second-order valence-corrected chi connectivity index (χ2v) is 2.52. The second-order valence-electron chi connectivity index (χ2n) is 2.52. The van der Waals surface area contributed by atoms with Gasteiger partial charge in [0, 0.05) is 0 Å². The maximum absolute atomic E-state index is 12.5. The van der Waals surface area contributed by atoms with Gasteiger partial charge in [-0.2, -0.15) is 13.2 Å². The zero-order valence-corrected chi connectivity index (χ0v) is 6.82. The summed E-state index contributed by atoms with van der Waals surface area (Å²) in [7, 11) is 1.29. The zero-order chi connectivity index (χ0) is 10.1. The molecule has 1 rings (SSSR count). The number of hydrogen-bond donors (Lipinski definition) is 0. The van der Waals surface area contributed by atoms with Gasteiger partial charge in [-0.1, -0.05) is 18.4 Å². The van der Waals surface area contributed by atoms with E-state index in [0.29, 0.717) is 6.07 Å². The van der Waals surface area contributed by atoms with Crippen LogP contribution in [0.2, 0.25) is 6.82 Å². The van der Waals surface area contributed by atoms with E-state index in [2.05, 4.69) is 0 Å². The van der Waals surface area contributed by atoms with Crippen LogP contribution in [0, 0.1) is 5.82 Å². The third-order valence-corrected chi connectivity index (χ3v) is 1.63. The fourth-order valence-electron chi connectivity index (χ4n) is 1.03. The summed E-state index contributed by atoms with van der Waals surface area (Å²) in [5.74, 6) is -0.877. The van der Waals surface area contributed by atoms with Gasteiger partial charge in [0.05, 0.1) is 5.56 Å². The number of rotatable bonds is 1. The van der Waals surface area contributed by atoms with Gasteiger partial charge >= 0.3 is 6.18 Å². The molecule has 0 amide bonds. The van der Waals surface area contributed by atoms with Gasteiger partial charge in [0.15, 0.2) is 0 Å². The van der Waals surface area contributed by atoms with Crippen molar-refractivity contribution in [3.63, 3.8) is 0 Å². The molecule has 0 heterocycles. The summed E-state index contributed by atoms with van der Waals surface area (Å²) in [5, 5.41) is 0. The van der Waals surface area contributed by atoms with Crippen LogP contribution >= 0.6 is 0 Å². The van der Waals surface area contributed by atoms with Crippen LogP contribution in [-0.2, 0) is 6.18 Å². The molecule has 0 aliphatic carbocycles. The Morgan fingerprint density at radius 2 is 1.85 bits per heavy atom. The molecule has 0 saturated heterocycles. The average molecular weight is 189 g/mol. The summed E-state index contributed by atoms with van der Waals surface area (Å²) >= 11 is 0. The maximum atomic E-state index is 12.5. The Morgan fingerprint density at radius 3 is 2.31 bits per heavy atom. The normalized spacial score (nSPS) is 11.5. The maximum Gasteiger partial charge on any atom is 0.415 e. The molecular weight excluding hydrogens is 183 g/mol. The van der Waals surface area contributed by atoms with Crippen LogP contribution in [0.1, 0.15) is 5.56 Å². The fraction of sp³-hybridized carbons (Fsp3) is 0.250. The zero-order valence-electron chi connectivity index (χ0n) is 6.82. The Morgan fingerprint density at radius 1 is 1.23 bits per heavy atom. The molecule has 0 aliphatic rings. The van der Waals surface area contributed by atoms with Crippen LogP contribution in [0.4, 0.5) is 17.6 Å². The third-order valence-electron chi connectivity index (χ3n) is 1.63. The Bertz CT molecular complexity index is 306. The van der Waals surface area contributed by atoms with Gasteiger partial charge in [0.25, 0.3) is 0 Å². The molecule has 0 N–H and O–H groups in total. The lowest BCUT2D eigenvalue weighted by atomic mass is 9.71. The van der Waals surface area contributed by atoms with Crippen molar-refractivity contribution in [2.75, 3.05) is 0 Å². The van der Waals surface area contributed by atoms with Crippen molar-refractivity contribution in [2.24, 2.45) is 0 Å². The van der Waals surface area contributed by atoms with Crippen molar-refractivity contribution in [1.29, 1.82) is 0 Å². The van der Waals surface area contributed by atoms with Crippen LogP contribution in [0.5, 0.6) is 0 Å². The lowest BCUT2D eigenvalue weighted by Gasteiger charge is -2.10. The standard InChI is InChI=1S/C8H6BF4/c1-9-7-3-2-5(10)4-6(7)8(11,12)13/h2-4H,1H3. The van der Waals surface area contributed by atoms with Gasteiger partial charge in [-0.05, 0) is 12.1 Å². The summed E-state index contributed by atoms with van der Waals surface area (Å²) in [5.41, 5.74) is -0.941. The highest BCUT2D eigenvalue weighted by atomic mass is 19.4. The number of halogens is 4. The van der Waals surface area contributed by atoms with Crippen molar-refractivity contribution in [3.8, 4) is 0 Å². The lowest BCUT2D eigenvalue weighted by Crippen LogP contribution is -2.23. The first-order chi connectivity index (χ1) is 5.95. The van der Waals surface area contributed by atoms with E-state index in [0.717, 1.165) is 12.1 Å². The van der Waals surface area contributed by atoms with Crippen molar-refractivity contribution < 1.29 is 17.6 Å². The van der Waals surface area contributed by atoms with E-state index in [-0.39, 0.29) is 5.46 Å². The minimum Gasteiger partial charge on any atom is -0.207 e. The first-order valence-electron chi connectivity index (χ1n) is 3.61. The summed E-state index contributed by atoms with van der Waals surface area (Å²) in [6, 6.07) is 2.61. The van der Waals surface area contributed by atoms with Gasteiger partial charge in [-0.15, -0.1) is 0 Å². The highest BCUT2D eigenvalue weighted by Gasteiger charge is 2.32. The fourth-order valence-corrected chi connectivity index (χ4v) is 1.03. The molecule has 0 aromatic heterocycles. The lowest BCUT2D eigenvalue weighted by molar-refractivity contribution is -0.136. The molecule has 1 aromatic carbocycles. The van der Waals surface area contributed by atoms with Crippen molar-refractivity contribution in [3.05, 3.63) is 29.6 Å². The van der Waals surface area contributed by atoms with E-state index >= 15 is 0 Å². The first kappa shape index (κ1) is 10.1. The highest BCUT2D eigenvalue weighted by Crippen LogP contribution is 2.28. The van der Waals surface area contributed by atoms with Gasteiger partial charge < -0.3 is 0 Å². The van der Waals surface area contributed by atoms with Crippen LogP contribution < -0.4 is 5.46 Å². The van der Waals surface area contributed by atoms with Crippen LogP contribution in [0.25, 0.3) is 0 Å². The van der Waals surface area contributed by atoms with E-state index in [9.17, 15) is 17.6 Å². The van der Waals surface area contributed by atoms with Crippen molar-refractivity contribution in [1.82, 2.24) is 0 Å². The minimum atomic E-state index is -4.50. The van der Waals surface area contributed by atoms with E-state index in [1.54, 1.807) is 0 Å². The van der Waals surface area contributed by atoms with E-state index in [1.165, 1.54) is 14.1 Å². The Hall–Kier alpha value is -0.995. The summed E-state index contributed by atoms with van der Waals surface area (Å²) in [6.45, 7) is 1.47. The van der Waals surface area contributed by atoms with Gasteiger partial charge in [-0.25, -0.2) is 4.39 Å². The van der Waals surface area contributed by atoms with Gasteiger partial charge in [0.2, 0.25) is 0 Å². The predicted octanol–water partition coefficient (Wildman–Crippen LogP) is 2.22. The molecule has 5 heteroatoms. The molecule has 13 heavy (non-hydrogen) atoms. The number of hydrogen-bond acceptors (Lipinski definition) is 0. The van der Waals surface area contributed by atoms with Gasteiger partial charge in [-0.3, -0.25) is 0 Å². The van der Waals surface area contributed by atoms with E-state index in [1.807, 2.05) is 0 Å². The molecule has 1 aromatic rings. The smallest absolute Gasteiger partial charge is 0.207 e. The second kappa shape index (κ2) is 3.40. The topological polar surface area (TPSA) is 0 Å². The number of alkyl halides is 3. The quantitative estimate of drug-likeness (QED) is 0.469. The first-order valence-corrected chi connectivity index (χ1v) is 3.61. The minimum absolute atomic E-state index is 0.00565. The predicted molar refractivity (Wildman–Crippen MR) is 42.7 cm³/mol. The highest BCUT2D eigenvalue weighted by molar-refractivity contribution is 6.52. The van der Waals surface area contributed by atoms with Gasteiger partial charge in [0.1, 0.15) is 13.1 Å². The Labute approximate surface area is 73.8 Å². The number of benzene rings is 1. The molecule has 0 atom stereocenters. The van der Waals surface area contributed by atoms with Crippen LogP contribution in [0.3, 0.4) is 0 Å². The Kier molecular flexibility index (Phi) is 2.64. The third kappa shape index (κ3) is 2.23.